The molecule has 3 heterocycles. The average Bonchev–Trinajstić information content (AvgIpc) is 3.27. The molecule has 1 aliphatic heterocycles. The van der Waals surface area contributed by atoms with Crippen LogP contribution in [0.3, 0.4) is 0 Å². The van der Waals surface area contributed by atoms with Crippen LogP contribution in [-0.2, 0) is 4.74 Å². The van der Waals surface area contributed by atoms with Gasteiger partial charge in [-0.1, -0.05) is 6.07 Å². The Balaban J connectivity index is 1.40. The zero-order chi connectivity index (χ0) is 28.9. The van der Waals surface area contributed by atoms with Gasteiger partial charge in [0, 0.05) is 40.8 Å². The van der Waals surface area contributed by atoms with Gasteiger partial charge in [0.2, 0.25) is 0 Å². The van der Waals surface area contributed by atoms with Crippen molar-refractivity contribution in [3.05, 3.63) is 66.5 Å². The van der Waals surface area contributed by atoms with E-state index in [0.29, 0.717) is 16.9 Å². The van der Waals surface area contributed by atoms with Crippen LogP contribution in [0.1, 0.15) is 26.5 Å². The van der Waals surface area contributed by atoms with Gasteiger partial charge >= 0.3 is 18.3 Å². The van der Waals surface area contributed by atoms with Crippen molar-refractivity contribution in [3.63, 3.8) is 0 Å². The zero-order valence-corrected chi connectivity index (χ0v) is 21.3. The Morgan fingerprint density at radius 1 is 0.925 bits per heavy atom. The molecule has 0 spiro atoms. The summed E-state index contributed by atoms with van der Waals surface area (Å²) in [6, 6.07) is 15.4. The molecule has 9 nitrogen and oxygen atoms in total. The van der Waals surface area contributed by atoms with Crippen LogP contribution in [0, 0.1) is 11.3 Å². The van der Waals surface area contributed by atoms with E-state index in [-0.39, 0.29) is 17.2 Å². The van der Waals surface area contributed by atoms with Gasteiger partial charge in [-0.25, -0.2) is 9.78 Å². The van der Waals surface area contributed by atoms with Crippen molar-refractivity contribution in [3.8, 4) is 17.6 Å². The van der Waals surface area contributed by atoms with E-state index in [1.807, 2.05) is 6.07 Å². The van der Waals surface area contributed by atoms with Gasteiger partial charge in [-0.3, -0.25) is 4.57 Å². The summed E-state index contributed by atoms with van der Waals surface area (Å²) in [7, 11) is 0. The van der Waals surface area contributed by atoms with Crippen LogP contribution in [0.5, 0.6) is 11.5 Å². The summed E-state index contributed by atoms with van der Waals surface area (Å²) in [4.78, 5) is 16.9. The Morgan fingerprint density at radius 3 is 2.30 bits per heavy atom. The number of benzene rings is 2. The highest BCUT2D eigenvalue weighted by Gasteiger charge is 2.65. The second-order valence-corrected chi connectivity index (χ2v) is 9.83. The summed E-state index contributed by atoms with van der Waals surface area (Å²) in [6.07, 6.45) is -8.62. The molecule has 0 amide bonds. The molecule has 2 aromatic carbocycles. The summed E-state index contributed by atoms with van der Waals surface area (Å²) in [5, 5.41) is 16.3. The minimum absolute atomic E-state index is 0.0226. The molecule has 206 valence electrons. The molecule has 0 fully saturated rings. The number of anilines is 4. The SMILES string of the molecule is CC(C)(C)OC(=O)n1ccc2ccc(Nc3cc(Nc4ccc5c(c4)OC(F)(F)C(F)(F)O5)cc(C#N)n3)cc21. The van der Waals surface area contributed by atoms with E-state index < -0.39 is 35.4 Å². The number of nitriles is 1. The molecule has 1 aliphatic rings. The maximum atomic E-state index is 13.6. The predicted molar refractivity (Wildman–Crippen MR) is 137 cm³/mol. The lowest BCUT2D eigenvalue weighted by molar-refractivity contribution is -0.391. The molecule has 4 aromatic rings. The van der Waals surface area contributed by atoms with Gasteiger partial charge in [0.15, 0.2) is 11.5 Å². The van der Waals surface area contributed by atoms with E-state index in [1.165, 1.54) is 22.8 Å². The molecule has 2 aromatic heterocycles. The monoisotopic (exact) mass is 555 g/mol. The van der Waals surface area contributed by atoms with E-state index in [1.54, 1.807) is 51.2 Å². The van der Waals surface area contributed by atoms with Gasteiger partial charge in [0.05, 0.1) is 5.52 Å². The number of rotatable bonds is 4. The fraction of sp³-hybridized carbons (Fsp3) is 0.222. The highest BCUT2D eigenvalue weighted by atomic mass is 19.3. The number of hydrogen-bond donors (Lipinski definition) is 2. The van der Waals surface area contributed by atoms with Gasteiger partial charge < -0.3 is 24.8 Å². The average molecular weight is 555 g/mol. The normalized spacial score (nSPS) is 15.2. The predicted octanol–water partition coefficient (Wildman–Crippen LogP) is 7.14. The van der Waals surface area contributed by atoms with Crippen LogP contribution < -0.4 is 20.1 Å². The molecule has 0 saturated carbocycles. The Bertz CT molecular complexity index is 1670. The van der Waals surface area contributed by atoms with E-state index >= 15 is 0 Å². The zero-order valence-electron chi connectivity index (χ0n) is 21.3. The molecular formula is C27H21F4N5O4. The Labute approximate surface area is 224 Å². The first-order chi connectivity index (χ1) is 18.7. The van der Waals surface area contributed by atoms with E-state index in [0.717, 1.165) is 17.5 Å². The van der Waals surface area contributed by atoms with Crippen LogP contribution >= 0.6 is 0 Å². The van der Waals surface area contributed by atoms with Crippen LogP contribution in [0.4, 0.5) is 45.2 Å². The minimum atomic E-state index is -4.86. The van der Waals surface area contributed by atoms with Crippen molar-refractivity contribution in [1.82, 2.24) is 9.55 Å². The third-order valence-electron chi connectivity index (χ3n) is 5.54. The van der Waals surface area contributed by atoms with Crippen LogP contribution in [0.2, 0.25) is 0 Å². The maximum absolute atomic E-state index is 13.6. The summed E-state index contributed by atoms with van der Waals surface area (Å²) >= 11 is 0. The van der Waals surface area contributed by atoms with Gasteiger partial charge in [-0.05, 0) is 57.2 Å². The fourth-order valence-corrected chi connectivity index (χ4v) is 3.86. The Hall–Kier alpha value is -4.99. The number of nitrogens with zero attached hydrogens (tertiary/aromatic N) is 3. The van der Waals surface area contributed by atoms with Crippen molar-refractivity contribution in [2.75, 3.05) is 10.6 Å². The van der Waals surface area contributed by atoms with E-state index in [2.05, 4.69) is 25.1 Å². The van der Waals surface area contributed by atoms with Crippen LogP contribution in [0.25, 0.3) is 10.9 Å². The van der Waals surface area contributed by atoms with E-state index in [9.17, 15) is 27.6 Å². The van der Waals surface area contributed by atoms with Crippen molar-refractivity contribution in [2.24, 2.45) is 0 Å². The topological polar surface area (TPSA) is 110 Å². The molecular weight excluding hydrogens is 534 g/mol. The molecule has 0 bridgehead atoms. The van der Waals surface area contributed by atoms with Crippen molar-refractivity contribution >= 4 is 39.9 Å². The van der Waals surface area contributed by atoms with Crippen LogP contribution in [0.15, 0.2) is 60.8 Å². The summed E-state index contributed by atoms with van der Waals surface area (Å²) in [6.45, 7) is 5.30. The molecule has 0 radical (unpaired) electrons. The lowest BCUT2D eigenvalue weighted by Gasteiger charge is -2.32. The first kappa shape index (κ1) is 26.6. The van der Waals surface area contributed by atoms with Crippen molar-refractivity contribution in [2.45, 2.75) is 38.6 Å². The molecule has 0 saturated heterocycles. The first-order valence-corrected chi connectivity index (χ1v) is 11.8. The third-order valence-corrected chi connectivity index (χ3v) is 5.54. The molecule has 13 heteroatoms. The number of pyridine rings is 1. The minimum Gasteiger partial charge on any atom is -0.443 e. The molecule has 0 aliphatic carbocycles. The molecule has 2 N–H and O–H groups in total. The van der Waals surface area contributed by atoms with Gasteiger partial charge in [-0.2, -0.15) is 22.8 Å². The number of carbonyl (C=O) groups is 1. The second kappa shape index (κ2) is 9.33. The summed E-state index contributed by atoms with van der Waals surface area (Å²) in [5.74, 6) is -0.891. The number of carbonyl (C=O) groups excluding carboxylic acids is 1. The smallest absolute Gasteiger partial charge is 0.443 e. The standard InChI is InChI=1S/C27H21F4N5O4/c1-25(2,3)40-24(37)36-9-8-15-4-5-16(11-20(15)36)34-23-13-18(10-19(14-32)35-23)33-17-6-7-21-22(12-17)39-27(30,31)26(28,29)38-21/h4-13H,1-3H3,(H2,33,34,35). The highest BCUT2D eigenvalue weighted by molar-refractivity contribution is 5.92. The number of halogens is 4. The number of hydrogen-bond acceptors (Lipinski definition) is 8. The Kier molecular flexibility index (Phi) is 6.21. The quantitative estimate of drug-likeness (QED) is 0.256. The number of ether oxygens (including phenoxy) is 3. The van der Waals surface area contributed by atoms with Gasteiger partial charge in [-0.15, -0.1) is 0 Å². The van der Waals surface area contributed by atoms with Gasteiger partial charge in [0.1, 0.15) is 23.2 Å². The molecule has 0 unspecified atom stereocenters. The molecule has 0 atom stereocenters. The second-order valence-electron chi connectivity index (χ2n) is 9.83. The largest absolute Gasteiger partial charge is 0.507 e. The van der Waals surface area contributed by atoms with E-state index in [4.69, 9.17) is 4.74 Å². The third kappa shape index (κ3) is 5.28. The number of aromatic nitrogens is 2. The summed E-state index contributed by atoms with van der Waals surface area (Å²) in [5.41, 5.74) is 0.994. The van der Waals surface area contributed by atoms with Crippen molar-refractivity contribution < 1.29 is 36.6 Å². The lowest BCUT2D eigenvalue weighted by Crippen LogP contribution is -2.52. The van der Waals surface area contributed by atoms with Crippen molar-refractivity contribution in [1.29, 1.82) is 5.26 Å². The molecule has 5 rings (SSSR count). The van der Waals surface area contributed by atoms with Crippen LogP contribution in [-0.4, -0.2) is 33.5 Å². The molecule has 40 heavy (non-hydrogen) atoms. The highest BCUT2D eigenvalue weighted by Crippen LogP contribution is 2.47. The number of fused-ring (bicyclic) bond motifs is 2. The number of nitrogens with one attached hydrogen (secondary N) is 2. The Morgan fingerprint density at radius 2 is 1.60 bits per heavy atom. The first-order valence-electron chi connectivity index (χ1n) is 11.8. The van der Waals surface area contributed by atoms with Gasteiger partial charge in [0.25, 0.3) is 0 Å². The fourth-order valence-electron chi connectivity index (χ4n) is 3.86. The summed E-state index contributed by atoms with van der Waals surface area (Å²) < 4.78 is 69.2. The maximum Gasteiger partial charge on any atom is 0.507 e. The lowest BCUT2D eigenvalue weighted by atomic mass is 10.2. The number of alkyl halides is 4.